The highest BCUT2D eigenvalue weighted by Crippen LogP contribution is 2.29. The maximum Gasteiger partial charge on any atom is 0.323 e. The van der Waals surface area contributed by atoms with Gasteiger partial charge in [-0.2, -0.15) is 0 Å². The third kappa shape index (κ3) is 5.76. The number of ether oxygens (including phenoxy) is 1. The van der Waals surface area contributed by atoms with Crippen molar-refractivity contribution in [3.8, 4) is 17.1 Å². The van der Waals surface area contributed by atoms with Crippen LogP contribution in [0.3, 0.4) is 0 Å². The Bertz CT molecular complexity index is 1100. The summed E-state index contributed by atoms with van der Waals surface area (Å²) >= 11 is 0. The van der Waals surface area contributed by atoms with Gasteiger partial charge in [-0.15, -0.1) is 0 Å². The number of urea groups is 1. The zero-order valence-electron chi connectivity index (χ0n) is 19.0. The minimum Gasteiger partial charge on any atom is -0.488 e. The molecule has 0 radical (unpaired) electrons. The first-order chi connectivity index (χ1) is 16.0. The van der Waals surface area contributed by atoms with Crippen LogP contribution >= 0.6 is 0 Å². The van der Waals surface area contributed by atoms with E-state index in [9.17, 15) is 9.59 Å². The molecule has 0 saturated carbocycles. The Hall–Kier alpha value is -4.14. The van der Waals surface area contributed by atoms with Gasteiger partial charge in [0.2, 0.25) is 0 Å². The Labute approximate surface area is 193 Å². The number of nitrogens with two attached hydrogens (primary N) is 1. The van der Waals surface area contributed by atoms with Crippen LogP contribution in [-0.4, -0.2) is 46.5 Å². The molecule has 1 aromatic heterocycles. The van der Waals surface area contributed by atoms with E-state index >= 15 is 0 Å². The van der Waals surface area contributed by atoms with E-state index in [4.69, 9.17) is 10.5 Å². The quantitative estimate of drug-likeness (QED) is 0.473. The number of para-hydroxylation sites is 1. The van der Waals surface area contributed by atoms with E-state index in [1.54, 1.807) is 48.2 Å². The Morgan fingerprint density at radius 1 is 0.909 bits per heavy atom. The summed E-state index contributed by atoms with van der Waals surface area (Å²) in [6.07, 6.45) is 0. The largest absolute Gasteiger partial charge is 0.488 e. The number of nitrogen functional groups attached to an aromatic ring is 1. The van der Waals surface area contributed by atoms with Gasteiger partial charge < -0.3 is 26.0 Å². The smallest absolute Gasteiger partial charge is 0.323 e. The van der Waals surface area contributed by atoms with Crippen molar-refractivity contribution >= 4 is 29.1 Å². The fourth-order valence-electron chi connectivity index (χ4n) is 3.21. The van der Waals surface area contributed by atoms with Crippen molar-refractivity contribution in [1.82, 2.24) is 14.9 Å². The number of nitrogens with one attached hydrogen (secondary N) is 2. The monoisotopic (exact) mass is 448 g/mol. The van der Waals surface area contributed by atoms with E-state index in [1.165, 1.54) is 0 Å². The van der Waals surface area contributed by atoms with Crippen LogP contribution < -0.4 is 21.1 Å². The molecule has 2 aromatic carbocycles. The van der Waals surface area contributed by atoms with E-state index in [0.29, 0.717) is 42.5 Å². The van der Waals surface area contributed by atoms with Gasteiger partial charge in [-0.05, 0) is 57.2 Å². The van der Waals surface area contributed by atoms with E-state index < -0.39 is 0 Å². The van der Waals surface area contributed by atoms with Crippen molar-refractivity contribution in [1.29, 1.82) is 0 Å². The van der Waals surface area contributed by atoms with Crippen molar-refractivity contribution in [2.45, 2.75) is 20.8 Å². The third-order valence-electron chi connectivity index (χ3n) is 4.87. The van der Waals surface area contributed by atoms with E-state index in [-0.39, 0.29) is 29.2 Å². The van der Waals surface area contributed by atoms with Crippen molar-refractivity contribution < 1.29 is 14.3 Å². The highest BCUT2D eigenvalue weighted by atomic mass is 16.5. The second-order valence-electron chi connectivity index (χ2n) is 7.04. The first kappa shape index (κ1) is 23.5. The molecule has 0 aliphatic heterocycles. The van der Waals surface area contributed by atoms with Crippen LogP contribution in [0.1, 0.15) is 31.3 Å². The standard InChI is InChI=1S/C24H28N6O3/c1-4-30(5-2)23(31)19-20(33-6-3)21(25)29-22(28-19)16-12-14-18(15-13-16)27-24(32)26-17-10-8-7-9-11-17/h7-15H,4-6H2,1-3H3,(H2,25,28,29)(H2,26,27,32). The molecule has 3 rings (SSSR count). The topological polar surface area (TPSA) is 122 Å². The maximum absolute atomic E-state index is 13.0. The summed E-state index contributed by atoms with van der Waals surface area (Å²) < 4.78 is 5.58. The molecular weight excluding hydrogens is 420 g/mol. The lowest BCUT2D eigenvalue weighted by Crippen LogP contribution is -2.32. The average molecular weight is 449 g/mol. The van der Waals surface area contributed by atoms with Gasteiger partial charge in [0, 0.05) is 30.0 Å². The number of rotatable bonds is 8. The number of nitrogens with zero attached hydrogens (tertiary/aromatic N) is 3. The number of carbonyl (C=O) groups excluding carboxylic acids is 2. The number of carbonyl (C=O) groups is 2. The predicted molar refractivity (Wildman–Crippen MR) is 129 cm³/mol. The Morgan fingerprint density at radius 2 is 1.52 bits per heavy atom. The molecule has 0 atom stereocenters. The van der Waals surface area contributed by atoms with Crippen LogP contribution in [-0.2, 0) is 0 Å². The molecule has 4 N–H and O–H groups in total. The average Bonchev–Trinajstić information content (AvgIpc) is 2.82. The maximum atomic E-state index is 13.0. The summed E-state index contributed by atoms with van der Waals surface area (Å²) in [5.41, 5.74) is 8.18. The predicted octanol–water partition coefficient (Wildman–Crippen LogP) is 4.25. The van der Waals surface area contributed by atoms with E-state index in [0.717, 1.165) is 0 Å². The molecule has 0 aliphatic carbocycles. The summed E-state index contributed by atoms with van der Waals surface area (Å²) in [4.78, 5) is 35.7. The number of anilines is 3. The molecule has 0 spiro atoms. The Balaban J connectivity index is 1.83. The fourth-order valence-corrected chi connectivity index (χ4v) is 3.21. The molecule has 0 fully saturated rings. The summed E-state index contributed by atoms with van der Waals surface area (Å²) in [5, 5.41) is 5.53. The molecule has 172 valence electrons. The molecule has 1 heterocycles. The highest BCUT2D eigenvalue weighted by molar-refractivity contribution is 6.00. The van der Waals surface area contributed by atoms with Crippen LogP contribution in [0.5, 0.6) is 5.75 Å². The van der Waals surface area contributed by atoms with E-state index in [1.807, 2.05) is 32.0 Å². The molecule has 9 nitrogen and oxygen atoms in total. The Kier molecular flexibility index (Phi) is 7.80. The normalized spacial score (nSPS) is 10.4. The van der Waals surface area contributed by atoms with Gasteiger partial charge in [-0.3, -0.25) is 4.79 Å². The van der Waals surface area contributed by atoms with Crippen molar-refractivity contribution in [3.63, 3.8) is 0 Å². The summed E-state index contributed by atoms with van der Waals surface area (Å²) in [5.74, 6) is 0.317. The fraction of sp³-hybridized carbons (Fsp3) is 0.250. The molecular formula is C24H28N6O3. The molecule has 33 heavy (non-hydrogen) atoms. The van der Waals surface area contributed by atoms with Crippen molar-refractivity contribution in [2.24, 2.45) is 0 Å². The summed E-state index contributed by atoms with van der Waals surface area (Å²) in [6.45, 7) is 6.99. The number of benzene rings is 2. The van der Waals surface area contributed by atoms with E-state index in [2.05, 4.69) is 20.6 Å². The molecule has 3 amide bonds. The highest BCUT2D eigenvalue weighted by Gasteiger charge is 2.24. The molecule has 0 saturated heterocycles. The number of hydrogen-bond donors (Lipinski definition) is 3. The van der Waals surface area contributed by atoms with Crippen LogP contribution in [0.2, 0.25) is 0 Å². The molecule has 9 heteroatoms. The van der Waals surface area contributed by atoms with Gasteiger partial charge >= 0.3 is 6.03 Å². The molecule has 0 bridgehead atoms. The zero-order chi connectivity index (χ0) is 23.8. The third-order valence-corrected chi connectivity index (χ3v) is 4.87. The lowest BCUT2D eigenvalue weighted by Gasteiger charge is -2.20. The number of aromatic nitrogens is 2. The molecule has 0 unspecified atom stereocenters. The van der Waals surface area contributed by atoms with Gasteiger partial charge in [0.15, 0.2) is 23.1 Å². The lowest BCUT2D eigenvalue weighted by atomic mass is 10.2. The SMILES string of the molecule is CCOc1c(N)nc(-c2ccc(NC(=O)Nc3ccccc3)cc2)nc1C(=O)N(CC)CC. The summed E-state index contributed by atoms with van der Waals surface area (Å²) in [6, 6.07) is 15.7. The van der Waals surface area contributed by atoms with Gasteiger partial charge in [-0.25, -0.2) is 14.8 Å². The van der Waals surface area contributed by atoms with Gasteiger partial charge in [-0.1, -0.05) is 18.2 Å². The molecule has 3 aromatic rings. The molecule has 0 aliphatic rings. The number of hydrogen-bond acceptors (Lipinski definition) is 6. The second kappa shape index (κ2) is 10.9. The van der Waals surface area contributed by atoms with Crippen molar-refractivity contribution in [3.05, 3.63) is 60.3 Å². The second-order valence-corrected chi connectivity index (χ2v) is 7.04. The van der Waals surface area contributed by atoms with Crippen LogP contribution in [0.15, 0.2) is 54.6 Å². The van der Waals surface area contributed by atoms with Gasteiger partial charge in [0.1, 0.15) is 0 Å². The number of amides is 3. The van der Waals surface area contributed by atoms with Gasteiger partial charge in [0.05, 0.1) is 6.61 Å². The van der Waals surface area contributed by atoms with Crippen molar-refractivity contribution in [2.75, 3.05) is 36.1 Å². The lowest BCUT2D eigenvalue weighted by molar-refractivity contribution is 0.0762. The zero-order valence-corrected chi connectivity index (χ0v) is 19.0. The first-order valence-corrected chi connectivity index (χ1v) is 10.8. The minimum atomic E-state index is -0.359. The van der Waals surface area contributed by atoms with Crippen LogP contribution in [0.4, 0.5) is 22.0 Å². The first-order valence-electron chi connectivity index (χ1n) is 10.8. The van der Waals surface area contributed by atoms with Gasteiger partial charge in [0.25, 0.3) is 5.91 Å². The minimum absolute atomic E-state index is 0.0989. The summed E-state index contributed by atoms with van der Waals surface area (Å²) in [7, 11) is 0. The Morgan fingerprint density at radius 3 is 2.09 bits per heavy atom. The van der Waals surface area contributed by atoms with Crippen LogP contribution in [0, 0.1) is 0 Å². The van der Waals surface area contributed by atoms with Crippen LogP contribution in [0.25, 0.3) is 11.4 Å².